The van der Waals surface area contributed by atoms with Crippen LogP contribution < -0.4 is 10.6 Å². The van der Waals surface area contributed by atoms with Gasteiger partial charge in [0.2, 0.25) is 0 Å². The molecule has 0 aromatic heterocycles. The summed E-state index contributed by atoms with van der Waals surface area (Å²) in [7, 11) is 0. The van der Waals surface area contributed by atoms with E-state index in [1.54, 1.807) is 0 Å². The molecule has 3 heterocycles. The summed E-state index contributed by atoms with van der Waals surface area (Å²) in [5.41, 5.74) is 0.813. The minimum atomic E-state index is -0.449. The maximum Gasteiger partial charge on any atom is 0.410 e. The largest absolute Gasteiger partial charge is 0.444 e. The molecule has 3 rings (SSSR count). The van der Waals surface area contributed by atoms with E-state index in [0.29, 0.717) is 9.41 Å². The Hall–Kier alpha value is -0.560. The van der Waals surface area contributed by atoms with Gasteiger partial charge in [-0.3, -0.25) is 0 Å². The molecule has 3 aliphatic heterocycles. The zero-order chi connectivity index (χ0) is 16.6. The summed E-state index contributed by atoms with van der Waals surface area (Å²) in [5, 5.41) is 7.56. The number of alkyl halides is 1. The van der Waals surface area contributed by atoms with E-state index in [4.69, 9.17) is 4.74 Å². The van der Waals surface area contributed by atoms with Gasteiger partial charge in [-0.15, -0.1) is 11.8 Å². The molecule has 0 aromatic carbocycles. The van der Waals surface area contributed by atoms with Gasteiger partial charge < -0.3 is 20.3 Å². The van der Waals surface area contributed by atoms with Crippen LogP contribution in [-0.2, 0) is 4.74 Å². The second kappa shape index (κ2) is 6.75. The van der Waals surface area contributed by atoms with E-state index in [1.807, 2.05) is 37.4 Å². The Morgan fingerprint density at radius 1 is 1.39 bits per heavy atom. The quantitative estimate of drug-likeness (QED) is 0.692. The van der Waals surface area contributed by atoms with Crippen molar-refractivity contribution in [2.24, 2.45) is 0 Å². The zero-order valence-corrected chi connectivity index (χ0v) is 16.4. The first-order valence-electron chi connectivity index (χ1n) is 8.35. The highest BCUT2D eigenvalue weighted by molar-refractivity contribution is 9.11. The second-order valence-corrected chi connectivity index (χ2v) is 10.5. The third-order valence-electron chi connectivity index (χ3n) is 4.37. The monoisotopic (exact) mass is 403 g/mol. The highest BCUT2D eigenvalue weighted by Crippen LogP contribution is 2.40. The normalized spacial score (nSPS) is 34.1. The summed E-state index contributed by atoms with van der Waals surface area (Å²) in [5.74, 6) is 0. The molecule has 0 bridgehead atoms. The Bertz CT molecular complexity index is 494. The number of amides is 1. The fourth-order valence-electron chi connectivity index (χ4n) is 3.35. The number of hydrogen-bond acceptors (Lipinski definition) is 5. The summed E-state index contributed by atoms with van der Waals surface area (Å²) >= 11 is 5.64. The van der Waals surface area contributed by atoms with Crippen LogP contribution in [0.3, 0.4) is 0 Å². The maximum absolute atomic E-state index is 12.4. The average molecular weight is 404 g/mol. The number of nitrogens with one attached hydrogen (secondary N) is 2. The van der Waals surface area contributed by atoms with Crippen molar-refractivity contribution in [1.82, 2.24) is 15.5 Å². The van der Waals surface area contributed by atoms with Gasteiger partial charge in [0, 0.05) is 23.7 Å². The van der Waals surface area contributed by atoms with Crippen LogP contribution >= 0.6 is 27.7 Å². The van der Waals surface area contributed by atoms with Crippen molar-refractivity contribution < 1.29 is 9.53 Å². The molecule has 130 valence electrons. The SMILES string of the molecule is CC(C)(C)OC(=O)N1CCC[C@H]1C1NC=C(C2CCC(Br)S2)N1. The molecule has 2 saturated heterocycles. The first-order chi connectivity index (χ1) is 10.8. The van der Waals surface area contributed by atoms with E-state index in [0.717, 1.165) is 19.4 Å². The maximum atomic E-state index is 12.4. The summed E-state index contributed by atoms with van der Waals surface area (Å²) < 4.78 is 6.11. The Morgan fingerprint density at radius 2 is 2.17 bits per heavy atom. The molecule has 1 amide bonds. The summed E-state index contributed by atoms with van der Waals surface area (Å²) in [6.07, 6.45) is 6.41. The standard InChI is InChI=1S/C16H26BrN3O2S/c1-16(2,3)22-15(21)20-8-4-5-11(20)14-18-9-10(19-14)12-6-7-13(17)23-12/h9,11-14,18-19H,4-8H2,1-3H3/t11-,12?,13?,14?/m0/s1. The molecule has 3 unspecified atom stereocenters. The number of hydrogen-bond donors (Lipinski definition) is 2. The number of nitrogens with zero attached hydrogens (tertiary/aromatic N) is 1. The summed E-state index contributed by atoms with van der Waals surface area (Å²) in [4.78, 5) is 14.3. The van der Waals surface area contributed by atoms with Crippen molar-refractivity contribution in [3.8, 4) is 0 Å². The lowest BCUT2D eigenvalue weighted by Crippen LogP contribution is -2.52. The van der Waals surface area contributed by atoms with Crippen LogP contribution in [0.15, 0.2) is 11.9 Å². The fraction of sp³-hybridized carbons (Fsp3) is 0.812. The molecule has 4 atom stereocenters. The van der Waals surface area contributed by atoms with Gasteiger partial charge in [-0.2, -0.15) is 0 Å². The third kappa shape index (κ3) is 4.10. The van der Waals surface area contributed by atoms with Crippen molar-refractivity contribution in [1.29, 1.82) is 0 Å². The van der Waals surface area contributed by atoms with E-state index < -0.39 is 5.60 Å². The van der Waals surface area contributed by atoms with Gasteiger partial charge in [0.05, 0.1) is 10.2 Å². The predicted molar refractivity (Wildman–Crippen MR) is 97.4 cm³/mol. The predicted octanol–water partition coefficient (Wildman–Crippen LogP) is 3.36. The van der Waals surface area contributed by atoms with Crippen LogP contribution in [0.25, 0.3) is 0 Å². The lowest BCUT2D eigenvalue weighted by Gasteiger charge is -2.32. The molecule has 3 aliphatic rings. The average Bonchev–Trinajstić information content (AvgIpc) is 3.15. The minimum absolute atomic E-state index is 0.0926. The van der Waals surface area contributed by atoms with Gasteiger partial charge in [-0.05, 0) is 46.5 Å². The number of carbonyl (C=O) groups is 1. The van der Waals surface area contributed by atoms with E-state index in [1.165, 1.54) is 18.5 Å². The van der Waals surface area contributed by atoms with Gasteiger partial charge in [0.25, 0.3) is 0 Å². The minimum Gasteiger partial charge on any atom is -0.444 e. The molecule has 0 saturated carbocycles. The summed E-state index contributed by atoms with van der Waals surface area (Å²) in [6.45, 7) is 6.51. The van der Waals surface area contributed by atoms with E-state index in [-0.39, 0.29) is 18.3 Å². The Labute approximate surface area is 151 Å². The van der Waals surface area contributed by atoms with Crippen molar-refractivity contribution in [2.45, 2.75) is 73.7 Å². The van der Waals surface area contributed by atoms with Crippen LogP contribution in [0.4, 0.5) is 4.79 Å². The van der Waals surface area contributed by atoms with Crippen LogP contribution in [0.1, 0.15) is 46.5 Å². The van der Waals surface area contributed by atoms with Crippen molar-refractivity contribution in [2.75, 3.05) is 6.54 Å². The molecule has 5 nitrogen and oxygen atoms in total. The Balaban J connectivity index is 1.58. The molecular formula is C16H26BrN3O2S. The first kappa shape index (κ1) is 17.3. The molecule has 0 spiro atoms. The molecule has 0 radical (unpaired) electrons. The van der Waals surface area contributed by atoms with Crippen LogP contribution in [0, 0.1) is 0 Å². The zero-order valence-electron chi connectivity index (χ0n) is 14.0. The smallest absolute Gasteiger partial charge is 0.410 e. The van der Waals surface area contributed by atoms with E-state index in [2.05, 4.69) is 32.8 Å². The molecule has 0 aromatic rings. The van der Waals surface area contributed by atoms with Gasteiger partial charge in [-0.1, -0.05) is 15.9 Å². The fourth-order valence-corrected chi connectivity index (χ4v) is 5.58. The number of likely N-dealkylation sites (tertiary alicyclic amines) is 1. The number of thioether (sulfide) groups is 1. The number of ether oxygens (including phenoxy) is 1. The van der Waals surface area contributed by atoms with Crippen LogP contribution in [0.2, 0.25) is 0 Å². The van der Waals surface area contributed by atoms with Gasteiger partial charge in [0.1, 0.15) is 11.8 Å². The topological polar surface area (TPSA) is 53.6 Å². The lowest BCUT2D eigenvalue weighted by molar-refractivity contribution is 0.0195. The number of halogens is 1. The molecule has 2 fully saturated rings. The Kier molecular flexibility index (Phi) is 5.06. The molecule has 0 aliphatic carbocycles. The van der Waals surface area contributed by atoms with E-state index in [9.17, 15) is 4.79 Å². The third-order valence-corrected chi connectivity index (χ3v) is 6.82. The first-order valence-corrected chi connectivity index (χ1v) is 10.2. The van der Waals surface area contributed by atoms with Crippen molar-refractivity contribution in [3.63, 3.8) is 0 Å². The number of carbonyl (C=O) groups excluding carboxylic acids is 1. The van der Waals surface area contributed by atoms with Gasteiger partial charge in [0.15, 0.2) is 0 Å². The van der Waals surface area contributed by atoms with E-state index >= 15 is 0 Å². The highest BCUT2D eigenvalue weighted by Gasteiger charge is 2.40. The summed E-state index contributed by atoms with van der Waals surface area (Å²) in [6, 6.07) is 0.143. The van der Waals surface area contributed by atoms with Crippen molar-refractivity contribution >= 4 is 33.8 Å². The van der Waals surface area contributed by atoms with Gasteiger partial charge in [-0.25, -0.2) is 4.79 Å². The van der Waals surface area contributed by atoms with Crippen molar-refractivity contribution in [3.05, 3.63) is 11.9 Å². The molecular weight excluding hydrogens is 378 g/mol. The van der Waals surface area contributed by atoms with Gasteiger partial charge >= 0.3 is 6.09 Å². The van der Waals surface area contributed by atoms with Crippen LogP contribution in [0.5, 0.6) is 0 Å². The Morgan fingerprint density at radius 3 is 2.83 bits per heavy atom. The molecule has 2 N–H and O–H groups in total. The molecule has 23 heavy (non-hydrogen) atoms. The second-order valence-electron chi connectivity index (χ2n) is 7.38. The molecule has 7 heteroatoms. The number of rotatable bonds is 2. The highest BCUT2D eigenvalue weighted by atomic mass is 79.9. The lowest BCUT2D eigenvalue weighted by atomic mass is 10.1. The van der Waals surface area contributed by atoms with Crippen LogP contribution in [-0.4, -0.2) is 44.8 Å².